The fourth-order valence-corrected chi connectivity index (χ4v) is 3.73. The minimum Gasteiger partial charge on any atom is -0.140 e. The molecule has 3 aromatic rings. The molecule has 0 spiro atoms. The quantitative estimate of drug-likeness (QED) is 0.398. The van der Waals surface area contributed by atoms with Crippen molar-refractivity contribution in [2.24, 2.45) is 0 Å². The summed E-state index contributed by atoms with van der Waals surface area (Å²) in [6.45, 7) is 2.19. The van der Waals surface area contributed by atoms with Gasteiger partial charge in [0, 0.05) is 20.9 Å². The van der Waals surface area contributed by atoms with Crippen LogP contribution in [0.15, 0.2) is 42.5 Å². The van der Waals surface area contributed by atoms with Gasteiger partial charge >= 0.3 is 0 Å². The fourth-order valence-electron chi connectivity index (χ4n) is 2.67. The van der Waals surface area contributed by atoms with E-state index in [1.54, 1.807) is 0 Å². The van der Waals surface area contributed by atoms with Crippen LogP contribution in [0, 0.1) is 6.92 Å². The maximum Gasteiger partial charge on any atom is 0.0430 e. The molecule has 0 bridgehead atoms. The van der Waals surface area contributed by atoms with E-state index in [1.807, 2.05) is 11.3 Å². The van der Waals surface area contributed by atoms with Crippen LogP contribution in [0.2, 0.25) is 0 Å². The van der Waals surface area contributed by atoms with Gasteiger partial charge in [0.15, 0.2) is 0 Å². The Kier molecular flexibility index (Phi) is 1.46. The highest BCUT2D eigenvalue weighted by atomic mass is 32.1. The second kappa shape index (κ2) is 2.74. The summed E-state index contributed by atoms with van der Waals surface area (Å²) in [5.74, 6) is 0. The van der Waals surface area contributed by atoms with Gasteiger partial charge in [-0.05, 0) is 29.3 Å². The highest BCUT2D eigenvalue weighted by molar-refractivity contribution is 7.16. The third-order valence-electron chi connectivity index (χ3n) is 3.29. The molecule has 2 aromatic carbocycles. The summed E-state index contributed by atoms with van der Waals surface area (Å²) in [5, 5.41) is 2.79. The Bertz CT molecular complexity index is 663. The molecule has 0 fully saturated rings. The second-order valence-corrected chi connectivity index (χ2v) is 5.57. The van der Waals surface area contributed by atoms with Crippen LogP contribution in [-0.4, -0.2) is 0 Å². The highest BCUT2D eigenvalue weighted by Gasteiger charge is 2.22. The number of hydrogen-bond acceptors (Lipinski definition) is 1. The van der Waals surface area contributed by atoms with Crippen LogP contribution in [0.3, 0.4) is 0 Å². The molecule has 1 heterocycles. The Balaban J connectivity index is 2.28. The van der Waals surface area contributed by atoms with Crippen molar-refractivity contribution in [2.45, 2.75) is 6.92 Å². The van der Waals surface area contributed by atoms with E-state index in [0.29, 0.717) is 0 Å². The van der Waals surface area contributed by atoms with E-state index in [4.69, 9.17) is 0 Å². The van der Waals surface area contributed by atoms with E-state index in [9.17, 15) is 0 Å². The van der Waals surface area contributed by atoms with Gasteiger partial charge in [-0.15, -0.1) is 11.3 Å². The van der Waals surface area contributed by atoms with Crippen LogP contribution in [-0.2, 0) is 0 Å². The molecule has 1 aliphatic rings. The Hall–Kier alpha value is -1.60. The lowest BCUT2D eigenvalue weighted by atomic mass is 10.0. The van der Waals surface area contributed by atoms with Crippen molar-refractivity contribution in [1.82, 2.24) is 0 Å². The summed E-state index contributed by atoms with van der Waals surface area (Å²) in [4.78, 5) is 2.85. The molecule has 0 amide bonds. The minimum absolute atomic E-state index is 1.36. The molecule has 0 radical (unpaired) electrons. The van der Waals surface area contributed by atoms with E-state index in [1.165, 1.54) is 37.2 Å². The van der Waals surface area contributed by atoms with Gasteiger partial charge in [-0.3, -0.25) is 0 Å². The lowest BCUT2D eigenvalue weighted by Gasteiger charge is -2.01. The Morgan fingerprint density at radius 3 is 2.44 bits per heavy atom. The van der Waals surface area contributed by atoms with Crippen molar-refractivity contribution in [3.8, 4) is 21.6 Å². The van der Waals surface area contributed by atoms with Gasteiger partial charge in [0.05, 0.1) is 0 Å². The summed E-state index contributed by atoms with van der Waals surface area (Å²) in [7, 11) is 0. The zero-order valence-electron chi connectivity index (χ0n) is 8.95. The first-order chi connectivity index (χ1) is 7.84. The maximum atomic E-state index is 2.31. The third kappa shape index (κ3) is 0.896. The van der Waals surface area contributed by atoms with E-state index < -0.39 is 0 Å². The number of aryl methyl sites for hydroxylation is 1. The van der Waals surface area contributed by atoms with Crippen molar-refractivity contribution in [3.05, 3.63) is 47.3 Å². The first-order valence-electron chi connectivity index (χ1n) is 5.47. The molecule has 0 saturated heterocycles. The zero-order valence-corrected chi connectivity index (χ0v) is 9.77. The van der Waals surface area contributed by atoms with Crippen LogP contribution in [0.25, 0.3) is 32.3 Å². The Morgan fingerprint density at radius 2 is 1.62 bits per heavy atom. The van der Waals surface area contributed by atoms with Gasteiger partial charge < -0.3 is 0 Å². The molecule has 76 valence electrons. The molecule has 0 N–H and O–H groups in total. The molecule has 0 aliphatic heterocycles. The largest absolute Gasteiger partial charge is 0.140 e. The Morgan fingerprint density at radius 1 is 0.875 bits per heavy atom. The molecule has 0 atom stereocenters. The highest BCUT2D eigenvalue weighted by Crippen LogP contribution is 2.50. The Labute approximate surface area is 98.2 Å². The first kappa shape index (κ1) is 8.54. The van der Waals surface area contributed by atoms with Gasteiger partial charge in [0.25, 0.3) is 0 Å². The monoisotopic (exact) mass is 222 g/mol. The average molecular weight is 222 g/mol. The topological polar surface area (TPSA) is 0 Å². The number of hydrogen-bond donors (Lipinski definition) is 0. The van der Waals surface area contributed by atoms with Crippen LogP contribution < -0.4 is 0 Å². The summed E-state index contributed by atoms with van der Waals surface area (Å²) in [6.07, 6.45) is 0. The lowest BCUT2D eigenvalue weighted by molar-refractivity contribution is 1.64. The van der Waals surface area contributed by atoms with Crippen LogP contribution >= 0.6 is 11.3 Å². The fraction of sp³-hybridized carbons (Fsp3) is 0.0667. The van der Waals surface area contributed by atoms with E-state index in [-0.39, 0.29) is 0 Å². The van der Waals surface area contributed by atoms with Crippen molar-refractivity contribution < 1.29 is 0 Å². The molecule has 0 unspecified atom stereocenters. The van der Waals surface area contributed by atoms with Crippen molar-refractivity contribution in [2.75, 3.05) is 0 Å². The standard InChI is InChI=1S/C15H10S/c1-9-8-13-11-6-2-4-10-5-3-7-12(14(10)11)15(13)16-9/h2-8H,1H3. The summed E-state index contributed by atoms with van der Waals surface area (Å²) in [5.41, 5.74) is 4.25. The number of fused-ring (bicyclic) bond motifs is 3. The summed E-state index contributed by atoms with van der Waals surface area (Å²) < 4.78 is 0. The molecule has 4 rings (SSSR count). The lowest BCUT2D eigenvalue weighted by Crippen LogP contribution is -1.74. The van der Waals surface area contributed by atoms with Crippen molar-refractivity contribution >= 4 is 22.1 Å². The van der Waals surface area contributed by atoms with Crippen LogP contribution in [0.4, 0.5) is 0 Å². The van der Waals surface area contributed by atoms with Gasteiger partial charge in [0.1, 0.15) is 0 Å². The van der Waals surface area contributed by atoms with Gasteiger partial charge in [-0.2, -0.15) is 0 Å². The predicted octanol–water partition coefficient (Wildman–Crippen LogP) is 4.86. The molecule has 1 aliphatic carbocycles. The molecular formula is C15H10S. The number of thiophene rings is 1. The zero-order chi connectivity index (χ0) is 10.7. The molecule has 0 nitrogen and oxygen atoms in total. The third-order valence-corrected chi connectivity index (χ3v) is 4.38. The maximum absolute atomic E-state index is 2.31. The number of benzene rings is 2. The van der Waals surface area contributed by atoms with Gasteiger partial charge in [-0.1, -0.05) is 36.4 Å². The molecule has 16 heavy (non-hydrogen) atoms. The normalized spacial score (nSPS) is 12.1. The molecule has 1 aromatic heterocycles. The van der Waals surface area contributed by atoms with Crippen LogP contribution in [0.1, 0.15) is 4.88 Å². The van der Waals surface area contributed by atoms with Gasteiger partial charge in [0.2, 0.25) is 0 Å². The van der Waals surface area contributed by atoms with Crippen molar-refractivity contribution in [3.63, 3.8) is 0 Å². The van der Waals surface area contributed by atoms with E-state index >= 15 is 0 Å². The van der Waals surface area contributed by atoms with Gasteiger partial charge in [-0.25, -0.2) is 0 Å². The average Bonchev–Trinajstić information content (AvgIpc) is 2.80. The van der Waals surface area contributed by atoms with Crippen LogP contribution in [0.5, 0.6) is 0 Å². The number of rotatable bonds is 0. The molecular weight excluding hydrogens is 212 g/mol. The van der Waals surface area contributed by atoms with Crippen molar-refractivity contribution in [1.29, 1.82) is 0 Å². The van der Waals surface area contributed by atoms with E-state index in [2.05, 4.69) is 49.4 Å². The smallest absolute Gasteiger partial charge is 0.0430 e. The summed E-state index contributed by atoms with van der Waals surface area (Å²) >= 11 is 1.91. The first-order valence-corrected chi connectivity index (χ1v) is 6.29. The van der Waals surface area contributed by atoms with E-state index in [0.717, 1.165) is 0 Å². The molecule has 0 saturated carbocycles. The minimum atomic E-state index is 1.36. The SMILES string of the molecule is Cc1cc2c(s1)-c1cccc3cccc-2c13. The second-order valence-electron chi connectivity index (χ2n) is 4.31. The molecule has 1 heteroatoms. The summed E-state index contributed by atoms with van der Waals surface area (Å²) in [6, 6.07) is 15.5. The predicted molar refractivity (Wildman–Crippen MR) is 71.0 cm³/mol.